The van der Waals surface area contributed by atoms with Crippen LogP contribution in [0.4, 0.5) is 17.2 Å². The highest BCUT2D eigenvalue weighted by Gasteiger charge is 2.21. The Labute approximate surface area is 153 Å². The lowest BCUT2D eigenvalue weighted by Crippen LogP contribution is -2.44. The second-order valence-electron chi connectivity index (χ2n) is 7.01. The molecule has 2 heterocycles. The van der Waals surface area contributed by atoms with E-state index in [2.05, 4.69) is 21.6 Å². The zero-order valence-corrected chi connectivity index (χ0v) is 14.9. The molecule has 6 nitrogen and oxygen atoms in total. The second-order valence-corrected chi connectivity index (χ2v) is 7.01. The Morgan fingerprint density at radius 3 is 2.69 bits per heavy atom. The first-order valence-corrected chi connectivity index (χ1v) is 9.32. The van der Waals surface area contributed by atoms with Gasteiger partial charge in [-0.1, -0.05) is 12.1 Å². The number of carbonyl (C=O) groups is 1. The summed E-state index contributed by atoms with van der Waals surface area (Å²) in [5.41, 5.74) is 10.9. The van der Waals surface area contributed by atoms with Crippen molar-refractivity contribution in [3.05, 3.63) is 47.2 Å². The van der Waals surface area contributed by atoms with Crippen molar-refractivity contribution in [1.82, 2.24) is 10.3 Å². The van der Waals surface area contributed by atoms with E-state index in [0.29, 0.717) is 0 Å². The number of nitrogens with one attached hydrogen (secondary N) is 2. The van der Waals surface area contributed by atoms with Crippen LogP contribution in [0.25, 0.3) is 0 Å². The van der Waals surface area contributed by atoms with Crippen molar-refractivity contribution in [2.24, 2.45) is 5.73 Å². The summed E-state index contributed by atoms with van der Waals surface area (Å²) in [6, 6.07) is 10.1. The smallest absolute Gasteiger partial charge is 0.221 e. The maximum Gasteiger partial charge on any atom is 0.221 e. The third-order valence-corrected chi connectivity index (χ3v) is 5.09. The first kappa shape index (κ1) is 16.8. The van der Waals surface area contributed by atoms with Gasteiger partial charge in [-0.15, -0.1) is 0 Å². The number of piperazine rings is 1. The lowest BCUT2D eigenvalue weighted by molar-refractivity contribution is -0.117. The Kier molecular flexibility index (Phi) is 4.75. The van der Waals surface area contributed by atoms with Gasteiger partial charge < -0.3 is 21.3 Å². The van der Waals surface area contributed by atoms with E-state index >= 15 is 0 Å². The molecule has 26 heavy (non-hydrogen) atoms. The van der Waals surface area contributed by atoms with Gasteiger partial charge in [0.25, 0.3) is 0 Å². The summed E-state index contributed by atoms with van der Waals surface area (Å²) < 4.78 is 0. The summed E-state index contributed by atoms with van der Waals surface area (Å²) in [6.07, 6.45) is 3.57. The second kappa shape index (κ2) is 7.33. The Morgan fingerprint density at radius 1 is 1.19 bits per heavy atom. The fourth-order valence-corrected chi connectivity index (χ4v) is 3.76. The maximum absolute atomic E-state index is 11.1. The third-order valence-electron chi connectivity index (χ3n) is 5.09. The number of hydrogen-bond acceptors (Lipinski definition) is 5. The predicted molar refractivity (Wildman–Crippen MR) is 104 cm³/mol. The van der Waals surface area contributed by atoms with Crippen molar-refractivity contribution in [3.8, 4) is 0 Å². The number of amides is 1. The number of benzene rings is 1. The van der Waals surface area contributed by atoms with Crippen molar-refractivity contribution in [2.75, 3.05) is 36.4 Å². The fraction of sp³-hybridized carbons (Fsp3) is 0.400. The highest BCUT2D eigenvalue weighted by atomic mass is 16.1. The van der Waals surface area contributed by atoms with Gasteiger partial charge in [0.15, 0.2) is 0 Å². The topological polar surface area (TPSA) is 83.3 Å². The molecule has 0 bridgehead atoms. The Bertz CT molecular complexity index is 797. The van der Waals surface area contributed by atoms with Gasteiger partial charge in [0.2, 0.25) is 5.91 Å². The number of anilines is 3. The minimum atomic E-state index is -0.307. The predicted octanol–water partition coefficient (Wildman–Crippen LogP) is 1.75. The van der Waals surface area contributed by atoms with Gasteiger partial charge in [0, 0.05) is 49.3 Å². The van der Waals surface area contributed by atoms with Gasteiger partial charge in [-0.25, -0.2) is 4.98 Å². The van der Waals surface area contributed by atoms with E-state index in [-0.39, 0.29) is 12.3 Å². The summed E-state index contributed by atoms with van der Waals surface area (Å²) in [5, 5.41) is 6.96. The summed E-state index contributed by atoms with van der Waals surface area (Å²) in [5.74, 6) is 0.762. The van der Waals surface area contributed by atoms with Crippen LogP contribution in [0.3, 0.4) is 0 Å². The molecule has 0 spiro atoms. The molecule has 4 rings (SSSR count). The molecule has 1 aliphatic heterocycles. The van der Waals surface area contributed by atoms with Crippen LogP contribution in [0.5, 0.6) is 0 Å². The van der Waals surface area contributed by atoms with E-state index in [4.69, 9.17) is 10.7 Å². The minimum Gasteiger partial charge on any atom is -0.369 e. The van der Waals surface area contributed by atoms with Gasteiger partial charge in [-0.05, 0) is 42.5 Å². The van der Waals surface area contributed by atoms with Gasteiger partial charge in [-0.2, -0.15) is 0 Å². The molecule has 0 radical (unpaired) electrons. The van der Waals surface area contributed by atoms with E-state index < -0.39 is 0 Å². The highest BCUT2D eigenvalue weighted by molar-refractivity contribution is 5.77. The van der Waals surface area contributed by atoms with E-state index in [1.165, 1.54) is 17.7 Å². The number of nitrogens with zero attached hydrogens (tertiary/aromatic N) is 2. The number of aryl methyl sites for hydroxylation is 1. The number of carbonyl (C=O) groups excluding carboxylic acids is 1. The fourth-order valence-electron chi connectivity index (χ4n) is 3.76. The lowest BCUT2D eigenvalue weighted by atomic mass is 10.1. The van der Waals surface area contributed by atoms with Crippen LogP contribution in [0.15, 0.2) is 30.3 Å². The van der Waals surface area contributed by atoms with E-state index in [1.807, 2.05) is 24.3 Å². The molecule has 6 heteroatoms. The number of hydrogen-bond donors (Lipinski definition) is 3. The molecule has 2 aromatic rings. The van der Waals surface area contributed by atoms with Crippen LogP contribution in [-0.2, 0) is 24.1 Å². The van der Waals surface area contributed by atoms with Crippen molar-refractivity contribution in [3.63, 3.8) is 0 Å². The molecule has 1 aromatic heterocycles. The van der Waals surface area contributed by atoms with Gasteiger partial charge >= 0.3 is 0 Å². The van der Waals surface area contributed by atoms with E-state index in [0.717, 1.165) is 61.8 Å². The maximum atomic E-state index is 11.1. The zero-order valence-electron chi connectivity index (χ0n) is 14.9. The Balaban J connectivity index is 1.59. The lowest BCUT2D eigenvalue weighted by Gasteiger charge is -2.29. The van der Waals surface area contributed by atoms with E-state index in [1.54, 1.807) is 0 Å². The average Bonchev–Trinajstić information content (AvgIpc) is 3.12. The van der Waals surface area contributed by atoms with Crippen LogP contribution in [0, 0.1) is 0 Å². The van der Waals surface area contributed by atoms with Crippen LogP contribution in [0.2, 0.25) is 0 Å². The third kappa shape index (κ3) is 3.65. The number of aromatic nitrogens is 1. The van der Waals surface area contributed by atoms with Crippen LogP contribution < -0.4 is 21.3 Å². The molecule has 0 unspecified atom stereocenters. The molecular weight excluding hydrogens is 326 g/mol. The molecule has 1 aliphatic carbocycles. The van der Waals surface area contributed by atoms with Crippen LogP contribution in [0.1, 0.15) is 23.2 Å². The van der Waals surface area contributed by atoms with Crippen LogP contribution >= 0.6 is 0 Å². The molecule has 0 saturated carbocycles. The Morgan fingerprint density at radius 2 is 1.96 bits per heavy atom. The zero-order chi connectivity index (χ0) is 17.9. The molecule has 1 fully saturated rings. The summed E-state index contributed by atoms with van der Waals surface area (Å²) in [6.45, 7) is 3.99. The minimum absolute atomic E-state index is 0.276. The number of rotatable bonds is 5. The first-order chi connectivity index (χ1) is 12.7. The number of pyridine rings is 1. The summed E-state index contributed by atoms with van der Waals surface area (Å²) in [7, 11) is 0. The van der Waals surface area contributed by atoms with Gasteiger partial charge in [-0.3, -0.25) is 4.79 Å². The van der Waals surface area contributed by atoms with Crippen molar-refractivity contribution in [2.45, 2.75) is 25.7 Å². The van der Waals surface area contributed by atoms with E-state index in [9.17, 15) is 4.79 Å². The number of primary amides is 1. The molecule has 0 atom stereocenters. The Hall–Kier alpha value is -2.60. The number of fused-ring (bicyclic) bond motifs is 1. The molecule has 1 aromatic carbocycles. The molecule has 136 valence electrons. The molecule has 2 aliphatic rings. The summed E-state index contributed by atoms with van der Waals surface area (Å²) in [4.78, 5) is 18.3. The average molecular weight is 351 g/mol. The normalized spacial score (nSPS) is 16.4. The van der Waals surface area contributed by atoms with Crippen molar-refractivity contribution < 1.29 is 4.79 Å². The largest absolute Gasteiger partial charge is 0.369 e. The molecule has 1 amide bonds. The first-order valence-electron chi connectivity index (χ1n) is 9.32. The van der Waals surface area contributed by atoms with Crippen molar-refractivity contribution in [1.29, 1.82) is 0 Å². The molecule has 1 saturated heterocycles. The summed E-state index contributed by atoms with van der Waals surface area (Å²) >= 11 is 0. The molecular formula is C20H25N5O. The van der Waals surface area contributed by atoms with Gasteiger partial charge in [0.05, 0.1) is 6.42 Å². The number of nitrogens with two attached hydrogens (primary N) is 1. The standard InChI is InChI=1S/C20H25N5O/c21-19(26)12-14-4-6-15(7-5-14)23-18-13-20(25-10-8-22-9-11-25)24-17-3-1-2-16(17)18/h4-7,13,22H,1-3,8-12H2,(H2,21,26)(H,23,24). The monoisotopic (exact) mass is 351 g/mol. The van der Waals surface area contributed by atoms with Crippen LogP contribution in [-0.4, -0.2) is 37.1 Å². The highest BCUT2D eigenvalue weighted by Crippen LogP contribution is 2.33. The SMILES string of the molecule is NC(=O)Cc1ccc(Nc2cc(N3CCNCC3)nc3c2CCC3)cc1. The molecule has 4 N–H and O–H groups in total. The van der Waals surface area contributed by atoms with Crippen molar-refractivity contribution >= 4 is 23.1 Å². The van der Waals surface area contributed by atoms with Gasteiger partial charge in [0.1, 0.15) is 5.82 Å². The quantitative estimate of drug-likeness (QED) is 0.764.